The summed E-state index contributed by atoms with van der Waals surface area (Å²) < 4.78 is 0. The fourth-order valence-corrected chi connectivity index (χ4v) is 2.43. The van der Waals surface area contributed by atoms with Crippen LogP contribution in [0.1, 0.15) is 65.9 Å². The molecule has 9 heteroatoms. The van der Waals surface area contributed by atoms with Gasteiger partial charge in [0.05, 0.1) is 11.6 Å². The minimum absolute atomic E-state index is 0.00527. The molecule has 1 atom stereocenters. The zero-order valence-corrected chi connectivity index (χ0v) is 14.9. The summed E-state index contributed by atoms with van der Waals surface area (Å²) in [5.74, 6) is 2.26. The highest BCUT2D eigenvalue weighted by Crippen LogP contribution is 2.16. The van der Waals surface area contributed by atoms with Crippen molar-refractivity contribution in [1.29, 1.82) is 0 Å². The molecule has 0 unspecified atom stereocenters. The average Bonchev–Trinajstić information content (AvgIpc) is 2.61. The number of nitrogens with zero attached hydrogens (tertiary/aromatic N) is 1. The molecule has 1 aromatic heterocycles. The van der Waals surface area contributed by atoms with Crippen LogP contribution < -0.4 is 16.6 Å². The maximum absolute atomic E-state index is 12.9. The van der Waals surface area contributed by atoms with Gasteiger partial charge in [-0.2, -0.15) is 0 Å². The quantitative estimate of drug-likeness (QED) is 0.205. The molecule has 0 spiro atoms. The van der Waals surface area contributed by atoms with Crippen molar-refractivity contribution in [1.82, 2.24) is 15.7 Å². The maximum Gasteiger partial charge on any atom is 0.303 e. The number of carboxylic acids is 1. The van der Waals surface area contributed by atoms with Gasteiger partial charge in [-0.25, -0.2) is 10.8 Å². The highest BCUT2D eigenvalue weighted by Gasteiger charge is 2.27. The van der Waals surface area contributed by atoms with E-state index in [1.165, 1.54) is 13.1 Å². The number of nitrogens with one attached hydrogen (secondary N) is 2. The van der Waals surface area contributed by atoms with Gasteiger partial charge in [-0.1, -0.05) is 13.3 Å². The second-order valence-electron chi connectivity index (χ2n) is 5.87. The Labute approximate surface area is 151 Å². The van der Waals surface area contributed by atoms with Crippen LogP contribution >= 0.6 is 0 Å². The standard InChI is InChI=1S/C17H24N4O5/c1-3-4-5-11-8-12(15(19-9-11)17(26)21-18)16(25)13(20-10(2)22)6-7-14(23)24/h8-9,13H,3-7,18H2,1-2H3,(H,20,22)(H,21,26)(H,23,24)/t13-/m0/s1. The number of unbranched alkanes of at least 4 members (excludes halogenated alkanes) is 1. The maximum atomic E-state index is 12.9. The number of nitrogens with two attached hydrogens (primary N) is 1. The Morgan fingerprint density at radius 1 is 1.31 bits per heavy atom. The summed E-state index contributed by atoms with van der Waals surface area (Å²) in [5, 5.41) is 11.3. The molecular formula is C17H24N4O5. The fourth-order valence-electron chi connectivity index (χ4n) is 2.43. The SMILES string of the molecule is CCCCc1cnc(C(=O)NN)c(C(=O)[C@H](CCC(=O)O)NC(C)=O)c1. The van der Waals surface area contributed by atoms with Gasteiger partial charge in [0.15, 0.2) is 5.78 Å². The molecule has 0 aromatic carbocycles. The van der Waals surface area contributed by atoms with E-state index in [2.05, 4.69) is 10.3 Å². The number of amides is 2. The van der Waals surface area contributed by atoms with Crippen LogP contribution in [0, 0.1) is 0 Å². The molecule has 0 aliphatic heterocycles. The molecule has 142 valence electrons. The Bertz CT molecular complexity index is 690. The normalized spacial score (nSPS) is 11.5. The van der Waals surface area contributed by atoms with Crippen molar-refractivity contribution in [3.05, 3.63) is 29.1 Å². The lowest BCUT2D eigenvalue weighted by Crippen LogP contribution is -2.41. The molecule has 1 aromatic rings. The number of carboxylic acid groups (broad SMARTS) is 1. The van der Waals surface area contributed by atoms with E-state index < -0.39 is 29.6 Å². The summed E-state index contributed by atoms with van der Waals surface area (Å²) >= 11 is 0. The summed E-state index contributed by atoms with van der Waals surface area (Å²) in [5.41, 5.74) is 2.54. The minimum Gasteiger partial charge on any atom is -0.481 e. The lowest BCUT2D eigenvalue weighted by Gasteiger charge is -2.18. The zero-order chi connectivity index (χ0) is 19.7. The predicted octanol–water partition coefficient (Wildman–Crippen LogP) is 0.580. The van der Waals surface area contributed by atoms with Gasteiger partial charge in [0.25, 0.3) is 5.91 Å². The highest BCUT2D eigenvalue weighted by atomic mass is 16.4. The van der Waals surface area contributed by atoms with E-state index in [1.54, 1.807) is 6.07 Å². The first-order chi connectivity index (χ1) is 12.3. The van der Waals surface area contributed by atoms with E-state index in [0.717, 1.165) is 18.4 Å². The van der Waals surface area contributed by atoms with Gasteiger partial charge in [0.1, 0.15) is 5.69 Å². The third-order valence-corrected chi connectivity index (χ3v) is 3.72. The fraction of sp³-hybridized carbons (Fsp3) is 0.471. The predicted molar refractivity (Wildman–Crippen MR) is 93.3 cm³/mol. The monoisotopic (exact) mass is 364 g/mol. The average molecular weight is 364 g/mol. The second kappa shape index (κ2) is 10.2. The molecule has 2 amide bonds. The van der Waals surface area contributed by atoms with Crippen molar-refractivity contribution >= 4 is 23.6 Å². The van der Waals surface area contributed by atoms with Gasteiger partial charge in [-0.05, 0) is 30.9 Å². The Morgan fingerprint density at radius 2 is 2.00 bits per heavy atom. The van der Waals surface area contributed by atoms with Crippen molar-refractivity contribution in [3.63, 3.8) is 0 Å². The summed E-state index contributed by atoms with van der Waals surface area (Å²) in [6.07, 6.45) is 3.60. The topological polar surface area (TPSA) is 151 Å². The number of nitrogen functional groups attached to an aromatic ring is 1. The molecule has 0 saturated carbocycles. The summed E-state index contributed by atoms with van der Waals surface area (Å²) in [4.78, 5) is 51.1. The molecule has 1 heterocycles. The Hall–Kier alpha value is -2.81. The number of aryl methyl sites for hydroxylation is 1. The van der Waals surface area contributed by atoms with Crippen LogP contribution in [0.2, 0.25) is 0 Å². The van der Waals surface area contributed by atoms with Crippen LogP contribution in [-0.4, -0.2) is 39.7 Å². The third kappa shape index (κ3) is 6.25. The smallest absolute Gasteiger partial charge is 0.303 e. The van der Waals surface area contributed by atoms with Gasteiger partial charge in [-0.3, -0.25) is 24.6 Å². The Balaban J connectivity index is 3.26. The number of carbonyl (C=O) groups excluding carboxylic acids is 3. The van der Waals surface area contributed by atoms with Crippen LogP contribution in [0.3, 0.4) is 0 Å². The molecule has 9 nitrogen and oxygen atoms in total. The molecule has 5 N–H and O–H groups in total. The number of aliphatic carboxylic acids is 1. The van der Waals surface area contributed by atoms with Crippen molar-refractivity contribution in [2.45, 2.75) is 52.0 Å². The Kier molecular flexibility index (Phi) is 8.36. The van der Waals surface area contributed by atoms with Crippen molar-refractivity contribution in [2.24, 2.45) is 5.84 Å². The number of ketones is 1. The highest BCUT2D eigenvalue weighted by molar-refractivity contribution is 6.09. The number of aromatic nitrogens is 1. The van der Waals surface area contributed by atoms with Gasteiger partial charge in [-0.15, -0.1) is 0 Å². The number of rotatable bonds is 10. The first-order valence-corrected chi connectivity index (χ1v) is 8.33. The van der Waals surface area contributed by atoms with Gasteiger partial charge < -0.3 is 10.4 Å². The lowest BCUT2D eigenvalue weighted by molar-refractivity contribution is -0.137. The van der Waals surface area contributed by atoms with E-state index in [9.17, 15) is 19.2 Å². The number of hydrogen-bond acceptors (Lipinski definition) is 6. The van der Waals surface area contributed by atoms with Crippen molar-refractivity contribution in [3.8, 4) is 0 Å². The first-order valence-electron chi connectivity index (χ1n) is 8.33. The van der Waals surface area contributed by atoms with E-state index in [-0.39, 0.29) is 24.1 Å². The molecule has 0 aliphatic rings. The lowest BCUT2D eigenvalue weighted by atomic mass is 9.96. The van der Waals surface area contributed by atoms with Crippen LogP contribution in [0.25, 0.3) is 0 Å². The number of hydrogen-bond donors (Lipinski definition) is 4. The van der Waals surface area contributed by atoms with Crippen molar-refractivity contribution in [2.75, 3.05) is 0 Å². The van der Waals surface area contributed by atoms with E-state index >= 15 is 0 Å². The molecule has 0 saturated heterocycles. The van der Waals surface area contributed by atoms with Gasteiger partial charge in [0.2, 0.25) is 5.91 Å². The number of pyridine rings is 1. The summed E-state index contributed by atoms with van der Waals surface area (Å²) in [6, 6.07) is 0.474. The molecule has 0 aliphatic carbocycles. The van der Waals surface area contributed by atoms with Crippen LogP contribution in [0.4, 0.5) is 0 Å². The third-order valence-electron chi connectivity index (χ3n) is 3.72. The zero-order valence-electron chi connectivity index (χ0n) is 14.9. The number of carbonyl (C=O) groups is 4. The summed E-state index contributed by atoms with van der Waals surface area (Å²) in [7, 11) is 0. The largest absolute Gasteiger partial charge is 0.481 e. The van der Waals surface area contributed by atoms with Crippen LogP contribution in [0.5, 0.6) is 0 Å². The molecule has 0 radical (unpaired) electrons. The molecule has 1 rings (SSSR count). The van der Waals surface area contributed by atoms with Gasteiger partial charge >= 0.3 is 5.97 Å². The number of hydrazine groups is 1. The van der Waals surface area contributed by atoms with E-state index in [0.29, 0.717) is 6.42 Å². The summed E-state index contributed by atoms with van der Waals surface area (Å²) in [6.45, 7) is 3.25. The number of Topliss-reactive ketones (excluding diaryl/α,β-unsaturated/α-hetero) is 1. The van der Waals surface area contributed by atoms with E-state index in [4.69, 9.17) is 10.9 Å². The molecule has 0 bridgehead atoms. The molecule has 0 fully saturated rings. The Morgan fingerprint density at radius 3 is 2.54 bits per heavy atom. The second-order valence-corrected chi connectivity index (χ2v) is 5.87. The molecular weight excluding hydrogens is 340 g/mol. The first kappa shape index (κ1) is 21.2. The van der Waals surface area contributed by atoms with Crippen molar-refractivity contribution < 1.29 is 24.3 Å². The minimum atomic E-state index is -1.09. The van der Waals surface area contributed by atoms with Crippen LogP contribution in [-0.2, 0) is 16.0 Å². The van der Waals surface area contributed by atoms with Gasteiger partial charge in [0, 0.05) is 19.5 Å². The molecule has 26 heavy (non-hydrogen) atoms. The van der Waals surface area contributed by atoms with Crippen LogP contribution in [0.15, 0.2) is 12.3 Å². The van der Waals surface area contributed by atoms with E-state index in [1.807, 2.05) is 12.3 Å².